The first-order valence-corrected chi connectivity index (χ1v) is 7.41. The van der Waals surface area contributed by atoms with Crippen molar-refractivity contribution in [3.05, 3.63) is 0 Å². The van der Waals surface area contributed by atoms with Crippen LogP contribution in [0.25, 0.3) is 0 Å². The summed E-state index contributed by atoms with van der Waals surface area (Å²) in [6.07, 6.45) is 0. The Labute approximate surface area is 113 Å². The second kappa shape index (κ2) is 6.65. The van der Waals surface area contributed by atoms with E-state index in [4.69, 9.17) is 9.47 Å². The van der Waals surface area contributed by atoms with Gasteiger partial charge in [-0.3, -0.25) is 4.79 Å². The molecule has 1 rings (SSSR count). The van der Waals surface area contributed by atoms with Crippen LogP contribution >= 0.6 is 23.5 Å². The third-order valence-corrected chi connectivity index (χ3v) is 5.10. The number of esters is 2. The molecule has 0 bridgehead atoms. The molecule has 104 valence electrons. The summed E-state index contributed by atoms with van der Waals surface area (Å²) in [5.74, 6) is -1.48. The molecule has 3 atom stereocenters. The number of aliphatic hydroxyl groups excluding tert-OH is 1. The Hall–Kier alpha value is -0.440. The monoisotopic (exact) mass is 296 g/mol. The van der Waals surface area contributed by atoms with Gasteiger partial charge in [0, 0.05) is 5.75 Å². The van der Waals surface area contributed by atoms with Crippen LogP contribution in [0.5, 0.6) is 0 Å². The highest BCUT2D eigenvalue weighted by Gasteiger charge is 2.50. The molecule has 0 spiro atoms. The van der Waals surface area contributed by atoms with Crippen molar-refractivity contribution in [3.63, 3.8) is 0 Å². The summed E-state index contributed by atoms with van der Waals surface area (Å²) in [7, 11) is 0. The minimum Gasteiger partial charge on any atom is -0.465 e. The zero-order valence-corrected chi connectivity index (χ0v) is 11.8. The number of hydrogen-bond donors (Lipinski definition) is 2. The van der Waals surface area contributed by atoms with E-state index in [1.165, 1.54) is 0 Å². The molecular formula is C10H16O6S2. The molecule has 0 saturated carbocycles. The van der Waals surface area contributed by atoms with Gasteiger partial charge in [-0.05, 0) is 13.8 Å². The average molecular weight is 296 g/mol. The van der Waals surface area contributed by atoms with Crippen molar-refractivity contribution in [2.24, 2.45) is 0 Å². The Balaban J connectivity index is 2.76. The van der Waals surface area contributed by atoms with Crippen molar-refractivity contribution in [2.75, 3.05) is 19.0 Å². The molecule has 0 aromatic carbocycles. The third kappa shape index (κ3) is 3.53. The van der Waals surface area contributed by atoms with Crippen molar-refractivity contribution < 1.29 is 29.3 Å². The average Bonchev–Trinajstić information content (AvgIpc) is 2.33. The van der Waals surface area contributed by atoms with Gasteiger partial charge in [-0.25, -0.2) is 4.79 Å². The van der Waals surface area contributed by atoms with Crippen LogP contribution in [0.1, 0.15) is 13.8 Å². The maximum absolute atomic E-state index is 11.6. The van der Waals surface area contributed by atoms with Crippen LogP contribution in [0.4, 0.5) is 0 Å². The fourth-order valence-electron chi connectivity index (χ4n) is 1.33. The maximum Gasteiger partial charge on any atom is 0.349 e. The molecular weight excluding hydrogens is 280 g/mol. The highest BCUT2D eigenvalue weighted by molar-refractivity contribution is 8.08. The summed E-state index contributed by atoms with van der Waals surface area (Å²) in [5, 5.41) is 18.8. The minimum absolute atomic E-state index is 0.0342. The van der Waals surface area contributed by atoms with E-state index in [0.29, 0.717) is 11.8 Å². The van der Waals surface area contributed by atoms with Gasteiger partial charge in [0.25, 0.3) is 0 Å². The minimum atomic E-state index is -1.82. The number of rotatable bonds is 4. The van der Waals surface area contributed by atoms with Gasteiger partial charge in [0.2, 0.25) is 4.93 Å². The van der Waals surface area contributed by atoms with E-state index < -0.39 is 27.6 Å². The molecule has 0 amide bonds. The van der Waals surface area contributed by atoms with Crippen molar-refractivity contribution in [2.45, 2.75) is 29.5 Å². The lowest BCUT2D eigenvalue weighted by molar-refractivity contribution is -0.154. The maximum atomic E-state index is 11.6. The Morgan fingerprint density at radius 1 is 1.33 bits per heavy atom. The lowest BCUT2D eigenvalue weighted by atomic mass is 10.4. The number of carbonyl (C=O) groups excluding carboxylic acids is 2. The van der Waals surface area contributed by atoms with E-state index in [2.05, 4.69) is 0 Å². The fourth-order valence-corrected chi connectivity index (χ4v) is 3.86. The molecule has 0 aromatic rings. The number of carbonyl (C=O) groups is 2. The zero-order chi connectivity index (χ0) is 13.8. The molecule has 0 aliphatic carbocycles. The molecule has 1 aliphatic heterocycles. The predicted octanol–water partition coefficient (Wildman–Crippen LogP) is -0.0318. The Bertz CT molecular complexity index is 323. The number of thioether (sulfide) groups is 2. The quantitative estimate of drug-likeness (QED) is 0.699. The number of ether oxygens (including phenoxy) is 2. The van der Waals surface area contributed by atoms with E-state index in [-0.39, 0.29) is 19.0 Å². The van der Waals surface area contributed by atoms with Gasteiger partial charge in [0.1, 0.15) is 10.7 Å². The van der Waals surface area contributed by atoms with E-state index in [0.717, 1.165) is 11.8 Å². The molecule has 3 unspecified atom stereocenters. The lowest BCUT2D eigenvalue weighted by Crippen LogP contribution is -2.49. The molecule has 0 aromatic heterocycles. The van der Waals surface area contributed by atoms with Crippen molar-refractivity contribution in [3.8, 4) is 0 Å². The fraction of sp³-hybridized carbons (Fsp3) is 0.800. The first-order chi connectivity index (χ1) is 8.44. The molecule has 0 radical (unpaired) electrons. The summed E-state index contributed by atoms with van der Waals surface area (Å²) in [4.78, 5) is 21.4. The zero-order valence-electron chi connectivity index (χ0n) is 10.1. The normalized spacial score (nSPS) is 31.8. The van der Waals surface area contributed by atoms with E-state index in [1.807, 2.05) is 0 Å². The highest BCUT2D eigenvalue weighted by atomic mass is 32.2. The Morgan fingerprint density at radius 3 is 2.50 bits per heavy atom. The molecule has 1 fully saturated rings. The largest absolute Gasteiger partial charge is 0.465 e. The predicted molar refractivity (Wildman–Crippen MR) is 68.1 cm³/mol. The van der Waals surface area contributed by atoms with Gasteiger partial charge in [-0.15, -0.1) is 11.8 Å². The molecule has 1 saturated heterocycles. The summed E-state index contributed by atoms with van der Waals surface area (Å²) in [6, 6.07) is 0. The standard InChI is InChI=1S/C10H16O6S2/c1-3-15-7(11)6-8(12)17-5-10(14,18-6)9(13)16-4-2/h6,8,12,14H,3-5H2,1-2H3. The molecule has 6 nitrogen and oxygen atoms in total. The number of aliphatic hydroxyl groups is 2. The van der Waals surface area contributed by atoms with Gasteiger partial charge in [-0.1, -0.05) is 11.8 Å². The lowest BCUT2D eigenvalue weighted by Gasteiger charge is -2.35. The van der Waals surface area contributed by atoms with Crippen molar-refractivity contribution >= 4 is 35.5 Å². The third-order valence-electron chi connectivity index (χ3n) is 2.14. The Kier molecular flexibility index (Phi) is 5.77. The molecule has 8 heteroatoms. The molecule has 1 heterocycles. The Morgan fingerprint density at radius 2 is 1.94 bits per heavy atom. The summed E-state index contributed by atoms with van der Waals surface area (Å²) in [5.41, 5.74) is -1.01. The first kappa shape index (κ1) is 15.6. The van der Waals surface area contributed by atoms with Crippen LogP contribution in [0, 0.1) is 0 Å². The van der Waals surface area contributed by atoms with Crippen LogP contribution < -0.4 is 0 Å². The van der Waals surface area contributed by atoms with Gasteiger partial charge in [-0.2, -0.15) is 0 Å². The van der Waals surface area contributed by atoms with Gasteiger partial charge >= 0.3 is 11.9 Å². The van der Waals surface area contributed by atoms with Crippen LogP contribution in [0.15, 0.2) is 0 Å². The van der Waals surface area contributed by atoms with Gasteiger partial charge < -0.3 is 19.7 Å². The smallest absolute Gasteiger partial charge is 0.349 e. The van der Waals surface area contributed by atoms with Crippen molar-refractivity contribution in [1.82, 2.24) is 0 Å². The van der Waals surface area contributed by atoms with Crippen LogP contribution in [-0.2, 0) is 19.1 Å². The number of hydrogen-bond acceptors (Lipinski definition) is 8. The van der Waals surface area contributed by atoms with Crippen LogP contribution in [0.2, 0.25) is 0 Å². The second-order valence-electron chi connectivity index (χ2n) is 3.50. The van der Waals surface area contributed by atoms with Crippen LogP contribution in [0.3, 0.4) is 0 Å². The van der Waals surface area contributed by atoms with Crippen LogP contribution in [-0.4, -0.2) is 56.7 Å². The summed E-state index contributed by atoms with van der Waals surface area (Å²) < 4.78 is 9.54. The highest BCUT2D eigenvalue weighted by Crippen LogP contribution is 2.42. The van der Waals surface area contributed by atoms with E-state index >= 15 is 0 Å². The molecule has 18 heavy (non-hydrogen) atoms. The SMILES string of the molecule is CCOC(=O)C1SC(O)(C(=O)OCC)CSC1O. The topological polar surface area (TPSA) is 93.1 Å². The molecule has 1 aliphatic rings. The van der Waals surface area contributed by atoms with Crippen molar-refractivity contribution in [1.29, 1.82) is 0 Å². The van der Waals surface area contributed by atoms with E-state index in [9.17, 15) is 19.8 Å². The van der Waals surface area contributed by atoms with Gasteiger partial charge in [0.15, 0.2) is 0 Å². The summed E-state index contributed by atoms with van der Waals surface area (Å²) >= 11 is 1.60. The summed E-state index contributed by atoms with van der Waals surface area (Å²) in [6.45, 7) is 3.58. The second-order valence-corrected chi connectivity index (χ2v) is 6.02. The first-order valence-electron chi connectivity index (χ1n) is 5.48. The molecule has 2 N–H and O–H groups in total. The van der Waals surface area contributed by atoms with Gasteiger partial charge in [0.05, 0.1) is 13.2 Å². The van der Waals surface area contributed by atoms with E-state index in [1.54, 1.807) is 13.8 Å².